The van der Waals surface area contributed by atoms with E-state index in [1.54, 1.807) is 6.20 Å². The molecular formula is C19H25N3O2. The Balaban J connectivity index is 1.92. The van der Waals surface area contributed by atoms with Gasteiger partial charge in [0.1, 0.15) is 6.54 Å². The second-order valence-electron chi connectivity index (χ2n) is 7.43. The molecule has 1 saturated heterocycles. The maximum Gasteiger partial charge on any atom is 0.258 e. The summed E-state index contributed by atoms with van der Waals surface area (Å²) < 4.78 is 1.53. The van der Waals surface area contributed by atoms with E-state index in [1.807, 2.05) is 23.1 Å². The largest absolute Gasteiger partial charge is 0.339 e. The smallest absolute Gasteiger partial charge is 0.258 e. The van der Waals surface area contributed by atoms with E-state index < -0.39 is 0 Å². The molecule has 0 radical (unpaired) electrons. The van der Waals surface area contributed by atoms with Crippen LogP contribution in [0.3, 0.4) is 0 Å². The van der Waals surface area contributed by atoms with E-state index in [0.717, 1.165) is 24.0 Å². The molecular weight excluding hydrogens is 302 g/mol. The summed E-state index contributed by atoms with van der Waals surface area (Å²) in [7, 11) is 0. The first-order valence-corrected chi connectivity index (χ1v) is 8.48. The van der Waals surface area contributed by atoms with Gasteiger partial charge in [-0.1, -0.05) is 32.9 Å². The number of piperazine rings is 1. The number of pyridine rings is 1. The minimum absolute atomic E-state index is 0.00456. The van der Waals surface area contributed by atoms with Crippen LogP contribution in [0.1, 0.15) is 26.3 Å². The van der Waals surface area contributed by atoms with Crippen LogP contribution < -0.4 is 10.9 Å². The quantitative estimate of drug-likeness (QED) is 0.914. The monoisotopic (exact) mass is 327 g/mol. The average Bonchev–Trinajstić information content (AvgIpc) is 2.57. The van der Waals surface area contributed by atoms with Crippen molar-refractivity contribution in [2.24, 2.45) is 0 Å². The highest BCUT2D eigenvalue weighted by Gasteiger charge is 2.18. The van der Waals surface area contributed by atoms with Crippen LogP contribution in [0.4, 0.5) is 0 Å². The fourth-order valence-electron chi connectivity index (χ4n) is 3.03. The van der Waals surface area contributed by atoms with Crippen molar-refractivity contribution in [2.75, 3.05) is 26.2 Å². The van der Waals surface area contributed by atoms with Crippen molar-refractivity contribution in [1.29, 1.82) is 0 Å². The molecule has 0 atom stereocenters. The lowest BCUT2D eigenvalue weighted by atomic mass is 9.86. The fraction of sp³-hybridized carbons (Fsp3) is 0.474. The number of amides is 1. The number of carbonyl (C=O) groups is 1. The van der Waals surface area contributed by atoms with Gasteiger partial charge in [-0.25, -0.2) is 0 Å². The highest BCUT2D eigenvalue weighted by Crippen LogP contribution is 2.24. The molecule has 2 aromatic rings. The third kappa shape index (κ3) is 3.36. The first kappa shape index (κ1) is 16.7. The summed E-state index contributed by atoms with van der Waals surface area (Å²) in [6, 6.07) is 7.93. The van der Waals surface area contributed by atoms with Gasteiger partial charge < -0.3 is 14.8 Å². The molecule has 2 heterocycles. The molecule has 24 heavy (non-hydrogen) atoms. The van der Waals surface area contributed by atoms with E-state index in [-0.39, 0.29) is 23.4 Å². The van der Waals surface area contributed by atoms with Gasteiger partial charge >= 0.3 is 0 Å². The van der Waals surface area contributed by atoms with Gasteiger partial charge in [0.2, 0.25) is 5.91 Å². The van der Waals surface area contributed by atoms with Crippen molar-refractivity contribution in [2.45, 2.75) is 32.7 Å². The number of rotatable bonds is 2. The molecule has 1 aliphatic rings. The molecule has 1 N–H and O–H groups in total. The Bertz CT molecular complexity index is 811. The Morgan fingerprint density at radius 1 is 1.17 bits per heavy atom. The molecule has 1 aromatic heterocycles. The molecule has 0 bridgehead atoms. The maximum atomic E-state index is 12.8. The van der Waals surface area contributed by atoms with Crippen LogP contribution in [-0.4, -0.2) is 41.6 Å². The number of carbonyl (C=O) groups excluding carboxylic acids is 1. The molecule has 0 unspecified atom stereocenters. The normalized spacial score (nSPS) is 15.7. The van der Waals surface area contributed by atoms with Gasteiger partial charge in [0.15, 0.2) is 0 Å². The van der Waals surface area contributed by atoms with Crippen molar-refractivity contribution in [3.8, 4) is 0 Å². The van der Waals surface area contributed by atoms with Gasteiger partial charge in [-0.2, -0.15) is 0 Å². The zero-order valence-electron chi connectivity index (χ0n) is 14.6. The minimum Gasteiger partial charge on any atom is -0.339 e. The summed E-state index contributed by atoms with van der Waals surface area (Å²) in [5.41, 5.74) is 1.01. The number of hydrogen-bond acceptors (Lipinski definition) is 3. The van der Waals surface area contributed by atoms with Crippen LogP contribution in [0.15, 0.2) is 35.3 Å². The molecule has 5 nitrogen and oxygen atoms in total. The Hall–Kier alpha value is -2.14. The summed E-state index contributed by atoms with van der Waals surface area (Å²) in [6.07, 6.45) is 1.72. The Morgan fingerprint density at radius 2 is 1.88 bits per heavy atom. The van der Waals surface area contributed by atoms with Crippen molar-refractivity contribution in [3.63, 3.8) is 0 Å². The van der Waals surface area contributed by atoms with Crippen LogP contribution in [0.5, 0.6) is 0 Å². The molecule has 128 valence electrons. The Kier molecular flexibility index (Phi) is 4.45. The molecule has 0 spiro atoms. The summed E-state index contributed by atoms with van der Waals surface area (Å²) >= 11 is 0. The Labute approximate surface area is 142 Å². The SMILES string of the molecule is CC(C)(C)c1ccc2ccn(CC(=O)N3CCNCC3)c(=O)c2c1. The minimum atomic E-state index is -0.0953. The molecule has 1 amide bonds. The van der Waals surface area contributed by atoms with Gasteiger partial charge in [0.25, 0.3) is 5.56 Å². The molecule has 0 saturated carbocycles. The van der Waals surface area contributed by atoms with Crippen LogP contribution in [0, 0.1) is 0 Å². The first-order valence-electron chi connectivity index (χ1n) is 8.48. The maximum absolute atomic E-state index is 12.8. The van der Waals surface area contributed by atoms with Gasteiger partial charge in [-0.3, -0.25) is 9.59 Å². The van der Waals surface area contributed by atoms with Crippen LogP contribution >= 0.6 is 0 Å². The topological polar surface area (TPSA) is 54.3 Å². The van der Waals surface area contributed by atoms with E-state index in [0.29, 0.717) is 18.5 Å². The number of benzene rings is 1. The third-order valence-corrected chi connectivity index (χ3v) is 4.62. The number of nitrogens with one attached hydrogen (secondary N) is 1. The predicted molar refractivity (Wildman–Crippen MR) is 96.4 cm³/mol. The van der Waals surface area contributed by atoms with Crippen molar-refractivity contribution < 1.29 is 4.79 Å². The zero-order valence-corrected chi connectivity index (χ0v) is 14.6. The van der Waals surface area contributed by atoms with Gasteiger partial charge in [-0.05, 0) is 28.5 Å². The number of aromatic nitrogens is 1. The van der Waals surface area contributed by atoms with E-state index >= 15 is 0 Å². The molecule has 5 heteroatoms. The lowest BCUT2D eigenvalue weighted by Gasteiger charge is -2.27. The second-order valence-corrected chi connectivity index (χ2v) is 7.43. The summed E-state index contributed by atoms with van der Waals surface area (Å²) in [5.74, 6) is 0.00456. The highest BCUT2D eigenvalue weighted by molar-refractivity contribution is 5.83. The van der Waals surface area contributed by atoms with E-state index in [4.69, 9.17) is 0 Å². The summed E-state index contributed by atoms with van der Waals surface area (Å²) in [6.45, 7) is 9.52. The number of fused-ring (bicyclic) bond motifs is 1. The van der Waals surface area contributed by atoms with E-state index in [9.17, 15) is 9.59 Å². The lowest BCUT2D eigenvalue weighted by molar-refractivity contribution is -0.132. The predicted octanol–water partition coefficient (Wildman–Crippen LogP) is 1.73. The zero-order chi connectivity index (χ0) is 17.3. The van der Waals surface area contributed by atoms with Gasteiger partial charge in [-0.15, -0.1) is 0 Å². The molecule has 3 rings (SSSR count). The van der Waals surface area contributed by atoms with Gasteiger partial charge in [0.05, 0.1) is 0 Å². The third-order valence-electron chi connectivity index (χ3n) is 4.62. The first-order chi connectivity index (χ1) is 11.4. The van der Waals surface area contributed by atoms with Crippen LogP contribution in [-0.2, 0) is 16.8 Å². The van der Waals surface area contributed by atoms with E-state index in [1.165, 1.54) is 4.57 Å². The standard InChI is InChI=1S/C19H25N3O2/c1-19(2,3)15-5-4-14-6-9-22(18(24)16(14)12-15)13-17(23)21-10-7-20-8-11-21/h4-6,9,12,20H,7-8,10-11,13H2,1-3H3. The van der Waals surface area contributed by atoms with Gasteiger partial charge in [0, 0.05) is 37.8 Å². The number of hydrogen-bond donors (Lipinski definition) is 1. The van der Waals surface area contributed by atoms with Crippen LogP contribution in [0.25, 0.3) is 10.8 Å². The summed E-state index contributed by atoms with van der Waals surface area (Å²) in [5, 5.41) is 4.82. The highest BCUT2D eigenvalue weighted by atomic mass is 16.2. The van der Waals surface area contributed by atoms with Crippen molar-refractivity contribution >= 4 is 16.7 Å². The van der Waals surface area contributed by atoms with Crippen LogP contribution in [0.2, 0.25) is 0 Å². The molecule has 1 fully saturated rings. The Morgan fingerprint density at radius 3 is 2.54 bits per heavy atom. The lowest BCUT2D eigenvalue weighted by Crippen LogP contribution is -2.48. The molecule has 0 aliphatic carbocycles. The summed E-state index contributed by atoms with van der Waals surface area (Å²) in [4.78, 5) is 27.0. The fourth-order valence-corrected chi connectivity index (χ4v) is 3.03. The van der Waals surface area contributed by atoms with Crippen molar-refractivity contribution in [3.05, 3.63) is 46.4 Å². The molecule has 1 aliphatic heterocycles. The number of nitrogens with zero attached hydrogens (tertiary/aromatic N) is 2. The second kappa shape index (κ2) is 6.40. The van der Waals surface area contributed by atoms with E-state index in [2.05, 4.69) is 32.2 Å². The average molecular weight is 327 g/mol. The molecule has 1 aromatic carbocycles. The van der Waals surface area contributed by atoms with Crippen molar-refractivity contribution in [1.82, 2.24) is 14.8 Å².